The molecule has 2 fully saturated rings. The van der Waals surface area contributed by atoms with Crippen molar-refractivity contribution in [1.29, 1.82) is 0 Å². The van der Waals surface area contributed by atoms with Crippen LogP contribution in [0.25, 0.3) is 0 Å². The first kappa shape index (κ1) is 21.7. The molecule has 0 unspecified atom stereocenters. The first-order chi connectivity index (χ1) is 15.2. The summed E-state index contributed by atoms with van der Waals surface area (Å²) in [4.78, 5) is 21.2. The third kappa shape index (κ3) is 6.00. The minimum absolute atomic E-state index is 0.271. The van der Waals surface area contributed by atoms with E-state index in [2.05, 4.69) is 64.2 Å². The number of aliphatic imine (C=N–C) groups is 1. The van der Waals surface area contributed by atoms with Crippen molar-refractivity contribution in [1.82, 2.24) is 15.5 Å². The average molecular weight is 440 g/mol. The highest BCUT2D eigenvalue weighted by atomic mass is 32.1. The largest absolute Gasteiger partial charge is 0.363 e. The van der Waals surface area contributed by atoms with Crippen molar-refractivity contribution in [3.8, 4) is 0 Å². The molecule has 0 spiro atoms. The second-order valence-electron chi connectivity index (χ2n) is 8.29. The van der Waals surface area contributed by atoms with E-state index in [1.165, 1.54) is 16.1 Å². The summed E-state index contributed by atoms with van der Waals surface area (Å²) >= 11 is 1.82. The number of carbonyl (C=O) groups is 1. The molecule has 6 nitrogen and oxygen atoms in total. The molecule has 0 radical (unpaired) electrons. The van der Waals surface area contributed by atoms with Crippen LogP contribution in [-0.2, 0) is 17.9 Å². The second kappa shape index (κ2) is 10.7. The van der Waals surface area contributed by atoms with Gasteiger partial charge in [-0.2, -0.15) is 0 Å². The van der Waals surface area contributed by atoms with E-state index < -0.39 is 0 Å². The van der Waals surface area contributed by atoms with E-state index in [0.29, 0.717) is 25.6 Å². The number of guanidine groups is 1. The van der Waals surface area contributed by atoms with Crippen LogP contribution in [0.1, 0.15) is 43.7 Å². The number of likely N-dealkylation sites (tertiary alicyclic amines) is 1. The van der Waals surface area contributed by atoms with E-state index >= 15 is 0 Å². The summed E-state index contributed by atoms with van der Waals surface area (Å²) in [5.41, 5.74) is 2.36. The highest BCUT2D eigenvalue weighted by molar-refractivity contribution is 7.14. The Morgan fingerprint density at radius 1 is 1.16 bits per heavy atom. The molecular weight excluding hydrogens is 406 g/mol. The smallest absolute Gasteiger partial charge is 0.222 e. The number of piperidine rings is 1. The number of nitrogens with one attached hydrogen (secondary N) is 2. The van der Waals surface area contributed by atoms with Gasteiger partial charge < -0.3 is 20.4 Å². The average Bonchev–Trinajstić information content (AvgIpc) is 3.46. The fourth-order valence-electron chi connectivity index (χ4n) is 4.30. The summed E-state index contributed by atoms with van der Waals surface area (Å²) in [5.74, 6) is 1.16. The van der Waals surface area contributed by atoms with Crippen LogP contribution >= 0.6 is 11.3 Å². The number of hydrogen-bond acceptors (Lipinski definition) is 4. The number of thiophene rings is 1. The summed E-state index contributed by atoms with van der Waals surface area (Å²) in [6.07, 6.45) is 3.89. The molecule has 1 aromatic carbocycles. The number of carbonyl (C=O) groups excluding carboxylic acids is 1. The van der Waals surface area contributed by atoms with Crippen LogP contribution in [0, 0.1) is 0 Å². The number of amides is 1. The number of benzene rings is 1. The molecule has 2 N–H and O–H groups in total. The summed E-state index contributed by atoms with van der Waals surface area (Å²) in [6.45, 7) is 7.31. The SMILES string of the molecule is CCNC(=NCc1cccc(CN2CCCC2=O)c1)NC1CCN(c2cccs2)CC1. The number of anilines is 1. The highest BCUT2D eigenvalue weighted by Gasteiger charge is 2.21. The van der Waals surface area contributed by atoms with Gasteiger partial charge in [-0.25, -0.2) is 4.99 Å². The molecule has 0 aliphatic carbocycles. The maximum Gasteiger partial charge on any atom is 0.222 e. The van der Waals surface area contributed by atoms with E-state index in [1.54, 1.807) is 0 Å². The van der Waals surface area contributed by atoms with Crippen molar-refractivity contribution in [2.75, 3.05) is 31.1 Å². The van der Waals surface area contributed by atoms with Gasteiger partial charge in [0.1, 0.15) is 0 Å². The van der Waals surface area contributed by atoms with Crippen molar-refractivity contribution in [2.45, 2.75) is 51.7 Å². The van der Waals surface area contributed by atoms with Gasteiger partial charge >= 0.3 is 0 Å². The molecule has 7 heteroatoms. The lowest BCUT2D eigenvalue weighted by molar-refractivity contribution is -0.128. The van der Waals surface area contributed by atoms with Crippen LogP contribution in [0.4, 0.5) is 5.00 Å². The summed E-state index contributed by atoms with van der Waals surface area (Å²) in [6, 6.07) is 13.2. The fraction of sp³-hybridized carbons (Fsp3) is 0.500. The molecular formula is C24H33N5OS. The van der Waals surface area contributed by atoms with Crippen molar-refractivity contribution < 1.29 is 4.79 Å². The van der Waals surface area contributed by atoms with Crippen LogP contribution < -0.4 is 15.5 Å². The molecule has 0 saturated carbocycles. The van der Waals surface area contributed by atoms with Gasteiger partial charge in [-0.05, 0) is 54.8 Å². The zero-order valence-electron chi connectivity index (χ0n) is 18.3. The van der Waals surface area contributed by atoms with Crippen LogP contribution in [0.3, 0.4) is 0 Å². The highest BCUT2D eigenvalue weighted by Crippen LogP contribution is 2.24. The van der Waals surface area contributed by atoms with Gasteiger partial charge in [-0.3, -0.25) is 4.79 Å². The Balaban J connectivity index is 1.31. The molecule has 2 saturated heterocycles. The van der Waals surface area contributed by atoms with Crippen molar-refractivity contribution in [3.63, 3.8) is 0 Å². The predicted molar refractivity (Wildman–Crippen MR) is 129 cm³/mol. The molecule has 3 heterocycles. The van der Waals surface area contributed by atoms with E-state index in [9.17, 15) is 4.79 Å². The Labute approximate surface area is 189 Å². The first-order valence-electron chi connectivity index (χ1n) is 11.4. The van der Waals surface area contributed by atoms with Crippen molar-refractivity contribution in [3.05, 3.63) is 52.9 Å². The molecule has 0 atom stereocenters. The van der Waals surface area contributed by atoms with Gasteiger partial charge in [0, 0.05) is 45.2 Å². The van der Waals surface area contributed by atoms with Crippen LogP contribution in [0.2, 0.25) is 0 Å². The Bertz CT molecular complexity index is 874. The van der Waals surface area contributed by atoms with Gasteiger partial charge in [0.05, 0.1) is 11.5 Å². The summed E-state index contributed by atoms with van der Waals surface area (Å²) < 4.78 is 0. The van der Waals surface area contributed by atoms with Crippen LogP contribution in [0.5, 0.6) is 0 Å². The molecule has 166 valence electrons. The molecule has 2 aliphatic heterocycles. The minimum atomic E-state index is 0.271. The standard InChI is InChI=1S/C24H33N5OS/c1-2-25-24(27-21-10-13-28(14-11-21)23-9-5-15-31-23)26-17-19-6-3-7-20(16-19)18-29-12-4-8-22(29)30/h3,5-7,9,15-16,21H,2,4,8,10-14,17-18H2,1H3,(H2,25,26,27). The summed E-state index contributed by atoms with van der Waals surface area (Å²) in [7, 11) is 0. The van der Waals surface area contributed by atoms with E-state index in [1.807, 2.05) is 16.2 Å². The molecule has 1 aromatic heterocycles. The number of hydrogen-bond donors (Lipinski definition) is 2. The predicted octanol–water partition coefficient (Wildman–Crippen LogP) is 3.59. The fourth-order valence-corrected chi connectivity index (χ4v) is 5.08. The Morgan fingerprint density at radius 3 is 2.71 bits per heavy atom. The topological polar surface area (TPSA) is 60.0 Å². The third-order valence-electron chi connectivity index (χ3n) is 5.95. The zero-order chi connectivity index (χ0) is 21.5. The normalized spacial score (nSPS) is 18.0. The van der Waals surface area contributed by atoms with Gasteiger partial charge in [0.2, 0.25) is 5.91 Å². The van der Waals surface area contributed by atoms with Crippen LogP contribution in [0.15, 0.2) is 46.8 Å². The van der Waals surface area contributed by atoms with E-state index in [4.69, 9.17) is 4.99 Å². The van der Waals surface area contributed by atoms with Gasteiger partial charge in [-0.1, -0.05) is 24.3 Å². The monoisotopic (exact) mass is 439 g/mol. The van der Waals surface area contributed by atoms with Crippen molar-refractivity contribution in [2.24, 2.45) is 4.99 Å². The van der Waals surface area contributed by atoms with Gasteiger partial charge in [0.15, 0.2) is 5.96 Å². The maximum absolute atomic E-state index is 11.9. The lowest BCUT2D eigenvalue weighted by atomic mass is 10.1. The van der Waals surface area contributed by atoms with E-state index in [0.717, 1.165) is 51.4 Å². The number of nitrogens with zero attached hydrogens (tertiary/aromatic N) is 3. The quantitative estimate of drug-likeness (QED) is 0.511. The molecule has 2 aliphatic rings. The molecule has 0 bridgehead atoms. The molecule has 2 aromatic rings. The third-order valence-corrected chi connectivity index (χ3v) is 6.88. The molecule has 1 amide bonds. The maximum atomic E-state index is 11.9. The van der Waals surface area contributed by atoms with Crippen LogP contribution in [-0.4, -0.2) is 49.0 Å². The first-order valence-corrected chi connectivity index (χ1v) is 12.3. The Hall–Kier alpha value is -2.54. The molecule has 31 heavy (non-hydrogen) atoms. The van der Waals surface area contributed by atoms with Gasteiger partial charge in [-0.15, -0.1) is 11.3 Å². The Kier molecular flexibility index (Phi) is 7.46. The van der Waals surface area contributed by atoms with E-state index in [-0.39, 0.29) is 5.91 Å². The minimum Gasteiger partial charge on any atom is -0.363 e. The molecule has 4 rings (SSSR count). The second-order valence-corrected chi connectivity index (χ2v) is 9.22. The lowest BCUT2D eigenvalue weighted by Gasteiger charge is -2.33. The van der Waals surface area contributed by atoms with Gasteiger partial charge in [0.25, 0.3) is 0 Å². The zero-order valence-corrected chi connectivity index (χ0v) is 19.2. The Morgan fingerprint density at radius 2 is 2.00 bits per heavy atom. The lowest BCUT2D eigenvalue weighted by Crippen LogP contribution is -2.48. The van der Waals surface area contributed by atoms with Crippen molar-refractivity contribution >= 4 is 28.2 Å². The number of rotatable bonds is 7. The summed E-state index contributed by atoms with van der Waals surface area (Å²) in [5, 5.41) is 10.5.